The fraction of sp³-hybridized carbons (Fsp3) is 0.316. The smallest absolute Gasteiger partial charge is 0.266 e. The second-order valence-electron chi connectivity index (χ2n) is 6.21. The Morgan fingerprint density at radius 1 is 1.07 bits per heavy atom. The largest absolute Gasteiger partial charge is 0.368 e. The first-order chi connectivity index (χ1) is 13.3. The molecule has 0 aliphatic carbocycles. The molecular formula is C19H20N6OS. The Hall–Kier alpha value is -2.87. The van der Waals surface area contributed by atoms with E-state index in [1.54, 1.807) is 30.9 Å². The van der Waals surface area contributed by atoms with Gasteiger partial charge in [0.15, 0.2) is 10.8 Å². The van der Waals surface area contributed by atoms with E-state index in [4.69, 9.17) is 0 Å². The number of rotatable bonds is 4. The summed E-state index contributed by atoms with van der Waals surface area (Å²) in [7, 11) is 0. The quantitative estimate of drug-likeness (QED) is 0.692. The lowest BCUT2D eigenvalue weighted by molar-refractivity contribution is 0.0750. The van der Waals surface area contributed by atoms with Gasteiger partial charge in [0.2, 0.25) is 0 Å². The number of thiazole rings is 1. The Balaban J connectivity index is 1.49. The number of piperazine rings is 1. The number of aryl methyl sites for hydroxylation is 1. The Labute approximate surface area is 161 Å². The van der Waals surface area contributed by atoms with E-state index in [2.05, 4.69) is 24.8 Å². The number of aromatic nitrogens is 4. The predicted octanol–water partition coefficient (Wildman–Crippen LogP) is 2.52. The van der Waals surface area contributed by atoms with Crippen LogP contribution in [0, 0.1) is 0 Å². The van der Waals surface area contributed by atoms with Crippen LogP contribution in [0.2, 0.25) is 0 Å². The molecule has 1 aliphatic heterocycles. The van der Waals surface area contributed by atoms with Crippen LogP contribution in [-0.4, -0.2) is 56.9 Å². The van der Waals surface area contributed by atoms with Crippen LogP contribution in [-0.2, 0) is 6.42 Å². The molecule has 0 atom stereocenters. The van der Waals surface area contributed by atoms with Crippen molar-refractivity contribution in [3.8, 4) is 10.8 Å². The zero-order valence-electron chi connectivity index (χ0n) is 15.1. The molecule has 27 heavy (non-hydrogen) atoms. The van der Waals surface area contributed by atoms with Crippen molar-refractivity contribution in [2.45, 2.75) is 13.3 Å². The lowest BCUT2D eigenvalue weighted by Crippen LogP contribution is -2.48. The maximum absolute atomic E-state index is 13.1. The minimum absolute atomic E-state index is 0.0564. The molecule has 0 unspecified atom stereocenters. The summed E-state index contributed by atoms with van der Waals surface area (Å²) in [4.78, 5) is 35.2. The van der Waals surface area contributed by atoms with Crippen molar-refractivity contribution >= 4 is 22.9 Å². The number of amides is 1. The van der Waals surface area contributed by atoms with E-state index in [9.17, 15) is 4.79 Å². The van der Waals surface area contributed by atoms with E-state index in [0.29, 0.717) is 35.2 Å². The van der Waals surface area contributed by atoms with Crippen LogP contribution in [0.3, 0.4) is 0 Å². The Bertz CT molecular complexity index is 906. The molecule has 0 aromatic carbocycles. The zero-order valence-corrected chi connectivity index (χ0v) is 15.9. The molecular weight excluding hydrogens is 360 g/mol. The highest BCUT2D eigenvalue weighted by molar-refractivity contribution is 7.17. The number of nitrogens with zero attached hydrogens (tertiary/aromatic N) is 6. The van der Waals surface area contributed by atoms with Crippen molar-refractivity contribution in [1.82, 2.24) is 24.8 Å². The number of hydrogen-bond donors (Lipinski definition) is 0. The second-order valence-corrected chi connectivity index (χ2v) is 7.20. The van der Waals surface area contributed by atoms with E-state index >= 15 is 0 Å². The third-order valence-electron chi connectivity index (χ3n) is 4.58. The van der Waals surface area contributed by atoms with Gasteiger partial charge in [-0.1, -0.05) is 6.92 Å². The molecule has 1 fully saturated rings. The Kier molecular flexibility index (Phi) is 5.06. The zero-order chi connectivity index (χ0) is 18.6. The number of hydrogen-bond acceptors (Lipinski definition) is 7. The van der Waals surface area contributed by atoms with Crippen LogP contribution in [0.1, 0.15) is 22.3 Å². The standard InChI is InChI=1S/C19H20N6OS/c1-2-15-16(27-18(23-15)17-21-6-3-7-22-17)19(26)25-12-10-24(11-13-25)14-4-8-20-9-5-14/h3-9H,2,10-13H2,1H3. The molecule has 138 valence electrons. The van der Waals surface area contributed by atoms with Crippen molar-refractivity contribution < 1.29 is 4.79 Å². The number of pyridine rings is 1. The highest BCUT2D eigenvalue weighted by Crippen LogP contribution is 2.28. The van der Waals surface area contributed by atoms with Gasteiger partial charge in [0.1, 0.15) is 4.88 Å². The molecule has 7 nitrogen and oxygen atoms in total. The van der Waals surface area contributed by atoms with Gasteiger partial charge in [-0.3, -0.25) is 9.78 Å². The van der Waals surface area contributed by atoms with Gasteiger partial charge in [0.25, 0.3) is 5.91 Å². The highest BCUT2D eigenvalue weighted by Gasteiger charge is 2.26. The van der Waals surface area contributed by atoms with Gasteiger partial charge in [-0.25, -0.2) is 15.0 Å². The maximum atomic E-state index is 13.1. The van der Waals surface area contributed by atoms with E-state index in [1.165, 1.54) is 11.3 Å². The number of anilines is 1. The molecule has 1 saturated heterocycles. The molecule has 0 radical (unpaired) electrons. The molecule has 3 aromatic rings. The first kappa shape index (κ1) is 17.5. The third kappa shape index (κ3) is 3.66. The number of carbonyl (C=O) groups is 1. The van der Waals surface area contributed by atoms with Crippen molar-refractivity contribution in [3.05, 3.63) is 53.6 Å². The van der Waals surface area contributed by atoms with Crippen molar-refractivity contribution in [2.24, 2.45) is 0 Å². The molecule has 0 bridgehead atoms. The summed E-state index contributed by atoms with van der Waals surface area (Å²) >= 11 is 1.39. The second kappa shape index (κ2) is 7.79. The molecule has 4 heterocycles. The van der Waals surface area contributed by atoms with Crippen LogP contribution >= 0.6 is 11.3 Å². The topological polar surface area (TPSA) is 75.1 Å². The summed E-state index contributed by atoms with van der Waals surface area (Å²) in [6.07, 6.45) is 7.68. The summed E-state index contributed by atoms with van der Waals surface area (Å²) < 4.78 is 0. The summed E-state index contributed by atoms with van der Waals surface area (Å²) in [5, 5.41) is 0.700. The highest BCUT2D eigenvalue weighted by atomic mass is 32.1. The van der Waals surface area contributed by atoms with Gasteiger partial charge in [0.05, 0.1) is 5.69 Å². The van der Waals surface area contributed by atoms with Gasteiger partial charge >= 0.3 is 0 Å². The van der Waals surface area contributed by atoms with Crippen LogP contribution in [0.15, 0.2) is 43.0 Å². The molecule has 0 N–H and O–H groups in total. The van der Waals surface area contributed by atoms with Crippen LogP contribution in [0.5, 0.6) is 0 Å². The third-order valence-corrected chi connectivity index (χ3v) is 5.66. The Morgan fingerprint density at radius 3 is 2.44 bits per heavy atom. The monoisotopic (exact) mass is 380 g/mol. The Morgan fingerprint density at radius 2 is 1.78 bits per heavy atom. The first-order valence-electron chi connectivity index (χ1n) is 8.97. The van der Waals surface area contributed by atoms with Crippen LogP contribution in [0.25, 0.3) is 10.8 Å². The van der Waals surface area contributed by atoms with Gasteiger partial charge in [0, 0.05) is 56.7 Å². The molecule has 4 rings (SSSR count). The number of carbonyl (C=O) groups excluding carboxylic acids is 1. The van der Waals surface area contributed by atoms with Gasteiger partial charge < -0.3 is 9.80 Å². The fourth-order valence-corrected chi connectivity index (χ4v) is 4.20. The van der Waals surface area contributed by atoms with Crippen molar-refractivity contribution in [1.29, 1.82) is 0 Å². The lowest BCUT2D eigenvalue weighted by Gasteiger charge is -2.35. The summed E-state index contributed by atoms with van der Waals surface area (Å²) in [6.45, 7) is 5.02. The average molecular weight is 380 g/mol. The van der Waals surface area contributed by atoms with E-state index in [1.807, 2.05) is 24.0 Å². The van der Waals surface area contributed by atoms with E-state index in [0.717, 1.165) is 24.5 Å². The molecule has 0 saturated carbocycles. The summed E-state index contributed by atoms with van der Waals surface area (Å²) in [6, 6.07) is 5.77. The van der Waals surface area contributed by atoms with E-state index in [-0.39, 0.29) is 5.91 Å². The van der Waals surface area contributed by atoms with Crippen molar-refractivity contribution in [3.63, 3.8) is 0 Å². The first-order valence-corrected chi connectivity index (χ1v) is 9.79. The maximum Gasteiger partial charge on any atom is 0.266 e. The molecule has 3 aromatic heterocycles. The minimum Gasteiger partial charge on any atom is -0.368 e. The molecule has 8 heteroatoms. The fourth-order valence-electron chi connectivity index (χ4n) is 3.13. The SMILES string of the molecule is CCc1nc(-c2ncccn2)sc1C(=O)N1CCN(c2ccncc2)CC1. The summed E-state index contributed by atoms with van der Waals surface area (Å²) in [5.74, 6) is 0.625. The minimum atomic E-state index is 0.0564. The molecule has 1 aliphatic rings. The van der Waals surface area contributed by atoms with Crippen molar-refractivity contribution in [2.75, 3.05) is 31.1 Å². The lowest BCUT2D eigenvalue weighted by atomic mass is 10.2. The normalized spacial score (nSPS) is 14.4. The summed E-state index contributed by atoms with van der Waals surface area (Å²) in [5.41, 5.74) is 1.97. The molecule has 0 spiro atoms. The van der Waals surface area contributed by atoms with Gasteiger partial charge in [-0.2, -0.15) is 0 Å². The van der Waals surface area contributed by atoms with E-state index < -0.39 is 0 Å². The van der Waals surface area contributed by atoms with Gasteiger partial charge in [-0.15, -0.1) is 11.3 Å². The van der Waals surface area contributed by atoms with Gasteiger partial charge in [-0.05, 0) is 24.6 Å². The van der Waals surface area contributed by atoms with Crippen LogP contribution < -0.4 is 4.90 Å². The average Bonchev–Trinajstić information content (AvgIpc) is 3.19. The molecule has 1 amide bonds. The van der Waals surface area contributed by atoms with Crippen LogP contribution in [0.4, 0.5) is 5.69 Å². The predicted molar refractivity (Wildman–Crippen MR) is 105 cm³/mol.